The smallest absolute Gasteiger partial charge is 0.384 e. The largest absolute Gasteiger partial charge is 0.416 e. The molecule has 0 amide bonds. The Morgan fingerprint density at radius 2 is 1.72 bits per heavy atom. The number of halogens is 4. The Balaban J connectivity index is 2.27. The molecular formula is C16H14ClF3O4S. The first-order chi connectivity index (χ1) is 11.6. The van der Waals surface area contributed by atoms with E-state index in [0.29, 0.717) is 25.2 Å². The molecule has 0 aromatic heterocycles. The molecule has 0 fully saturated rings. The second kappa shape index (κ2) is 7.63. The highest BCUT2D eigenvalue weighted by Gasteiger charge is 2.33. The van der Waals surface area contributed by atoms with Gasteiger partial charge in [-0.05, 0) is 42.3 Å². The molecule has 136 valence electrons. The van der Waals surface area contributed by atoms with Crippen LogP contribution in [-0.4, -0.2) is 22.1 Å². The first-order valence-electron chi connectivity index (χ1n) is 7.02. The van der Waals surface area contributed by atoms with Gasteiger partial charge in [-0.3, -0.25) is 0 Å². The maximum absolute atomic E-state index is 12.8. The van der Waals surface area contributed by atoms with Gasteiger partial charge >= 0.3 is 16.3 Å². The number of hydrogen-bond donors (Lipinski definition) is 0. The van der Waals surface area contributed by atoms with E-state index in [9.17, 15) is 21.6 Å². The van der Waals surface area contributed by atoms with Crippen molar-refractivity contribution in [3.8, 4) is 5.75 Å². The molecule has 0 aliphatic heterocycles. The Morgan fingerprint density at radius 3 is 2.28 bits per heavy atom. The molecule has 0 atom stereocenters. The minimum atomic E-state index is -4.70. The summed E-state index contributed by atoms with van der Waals surface area (Å²) in [5.41, 5.74) is -0.238. The van der Waals surface area contributed by atoms with Crippen molar-refractivity contribution in [1.29, 1.82) is 0 Å². The van der Waals surface area contributed by atoms with Crippen molar-refractivity contribution in [3.63, 3.8) is 0 Å². The quantitative estimate of drug-likeness (QED) is 0.685. The lowest BCUT2D eigenvalue weighted by Gasteiger charge is -2.12. The van der Waals surface area contributed by atoms with E-state index < -0.39 is 26.8 Å². The molecule has 2 aromatic carbocycles. The van der Waals surface area contributed by atoms with E-state index in [1.54, 1.807) is 19.2 Å². The van der Waals surface area contributed by atoms with Crippen molar-refractivity contribution >= 4 is 21.7 Å². The Bertz CT molecular complexity index is 833. The third-order valence-corrected chi connectivity index (χ3v) is 4.98. The monoisotopic (exact) mass is 394 g/mol. The van der Waals surface area contributed by atoms with Gasteiger partial charge in [0.2, 0.25) is 0 Å². The predicted octanol–water partition coefficient (Wildman–Crippen LogP) is 4.32. The molecule has 0 saturated heterocycles. The summed E-state index contributed by atoms with van der Waals surface area (Å²) in [6, 6.07) is 8.11. The van der Waals surface area contributed by atoms with E-state index in [4.69, 9.17) is 20.5 Å². The van der Waals surface area contributed by atoms with Gasteiger partial charge in [-0.1, -0.05) is 23.7 Å². The summed E-state index contributed by atoms with van der Waals surface area (Å²) < 4.78 is 72.7. The van der Waals surface area contributed by atoms with Crippen LogP contribution in [0.1, 0.15) is 11.1 Å². The molecule has 0 N–H and O–H groups in total. The molecule has 25 heavy (non-hydrogen) atoms. The van der Waals surface area contributed by atoms with Crippen LogP contribution in [-0.2, 0) is 27.5 Å². The molecule has 4 nitrogen and oxygen atoms in total. The van der Waals surface area contributed by atoms with Crippen molar-refractivity contribution < 1.29 is 30.5 Å². The van der Waals surface area contributed by atoms with Crippen LogP contribution in [0.5, 0.6) is 5.75 Å². The van der Waals surface area contributed by atoms with E-state index in [-0.39, 0.29) is 10.8 Å². The lowest BCUT2D eigenvalue weighted by molar-refractivity contribution is -0.137. The molecule has 0 saturated carbocycles. The van der Waals surface area contributed by atoms with Gasteiger partial charge < -0.3 is 8.92 Å². The normalized spacial score (nSPS) is 12.2. The van der Waals surface area contributed by atoms with Gasteiger partial charge in [0.15, 0.2) is 0 Å². The number of rotatable bonds is 6. The van der Waals surface area contributed by atoms with E-state index >= 15 is 0 Å². The SMILES string of the molecule is COCCc1ccc(OS(=O)(=O)c2cc(C(F)(F)F)ccc2Cl)cc1. The van der Waals surface area contributed by atoms with E-state index in [1.807, 2.05) is 0 Å². The van der Waals surface area contributed by atoms with Gasteiger partial charge in [0.1, 0.15) is 10.6 Å². The molecule has 0 radical (unpaired) electrons. The van der Waals surface area contributed by atoms with Crippen molar-refractivity contribution in [1.82, 2.24) is 0 Å². The van der Waals surface area contributed by atoms with Gasteiger partial charge in [-0.25, -0.2) is 0 Å². The van der Waals surface area contributed by atoms with Crippen molar-refractivity contribution in [3.05, 3.63) is 58.6 Å². The van der Waals surface area contributed by atoms with Gasteiger partial charge in [-0.2, -0.15) is 21.6 Å². The summed E-state index contributed by atoms with van der Waals surface area (Å²) in [6.07, 6.45) is -4.07. The molecule has 0 spiro atoms. The average Bonchev–Trinajstić information content (AvgIpc) is 2.53. The fourth-order valence-corrected chi connectivity index (χ4v) is 3.41. The van der Waals surface area contributed by atoms with Crippen LogP contribution in [0.15, 0.2) is 47.4 Å². The molecule has 2 aromatic rings. The standard InChI is InChI=1S/C16H14ClF3O4S/c1-23-9-8-11-2-5-13(6-3-11)24-25(21,22)15-10-12(16(18,19)20)4-7-14(15)17/h2-7,10H,8-9H2,1H3. The van der Waals surface area contributed by atoms with Crippen LogP contribution in [0.3, 0.4) is 0 Å². The topological polar surface area (TPSA) is 52.6 Å². The van der Waals surface area contributed by atoms with Crippen LogP contribution in [0, 0.1) is 0 Å². The van der Waals surface area contributed by atoms with E-state index in [2.05, 4.69) is 0 Å². The number of ether oxygens (including phenoxy) is 1. The van der Waals surface area contributed by atoms with Gasteiger partial charge in [0.25, 0.3) is 0 Å². The Labute approximate surface area is 148 Å². The van der Waals surface area contributed by atoms with Crippen molar-refractivity contribution in [2.75, 3.05) is 13.7 Å². The Hall–Kier alpha value is -1.77. The molecule has 0 unspecified atom stereocenters. The van der Waals surface area contributed by atoms with Gasteiger partial charge in [0, 0.05) is 7.11 Å². The maximum Gasteiger partial charge on any atom is 0.416 e. The molecule has 0 heterocycles. The van der Waals surface area contributed by atoms with Crippen LogP contribution in [0.25, 0.3) is 0 Å². The van der Waals surface area contributed by atoms with Crippen LogP contribution < -0.4 is 4.18 Å². The summed E-state index contributed by atoms with van der Waals surface area (Å²) in [6.45, 7) is 0.498. The number of hydrogen-bond acceptors (Lipinski definition) is 4. The summed E-state index contributed by atoms with van der Waals surface area (Å²) >= 11 is 5.74. The minimum absolute atomic E-state index is 0.0327. The molecule has 0 aliphatic rings. The third kappa shape index (κ3) is 5.10. The second-order valence-corrected chi connectivity index (χ2v) is 6.99. The summed E-state index contributed by atoms with van der Waals surface area (Å²) in [7, 11) is -2.95. The molecule has 9 heteroatoms. The van der Waals surface area contributed by atoms with Crippen molar-refractivity contribution in [2.24, 2.45) is 0 Å². The zero-order chi connectivity index (χ0) is 18.7. The Kier molecular flexibility index (Phi) is 5.97. The van der Waals surface area contributed by atoms with Gasteiger partial charge in [-0.15, -0.1) is 0 Å². The molecular weight excluding hydrogens is 381 g/mol. The second-order valence-electron chi connectivity index (χ2n) is 5.07. The minimum Gasteiger partial charge on any atom is -0.384 e. The van der Waals surface area contributed by atoms with Gasteiger partial charge in [0.05, 0.1) is 17.2 Å². The zero-order valence-electron chi connectivity index (χ0n) is 13.0. The lowest BCUT2D eigenvalue weighted by atomic mass is 10.1. The van der Waals surface area contributed by atoms with Crippen LogP contribution >= 0.6 is 11.6 Å². The number of benzene rings is 2. The summed E-state index contributed by atoms with van der Waals surface area (Å²) in [5, 5.41) is -0.357. The molecule has 0 aliphatic carbocycles. The summed E-state index contributed by atoms with van der Waals surface area (Å²) in [5.74, 6) is -0.0327. The third-order valence-electron chi connectivity index (χ3n) is 3.25. The van der Waals surface area contributed by atoms with Crippen LogP contribution in [0.4, 0.5) is 13.2 Å². The first-order valence-corrected chi connectivity index (χ1v) is 8.81. The summed E-state index contributed by atoms with van der Waals surface area (Å²) in [4.78, 5) is -0.743. The predicted molar refractivity (Wildman–Crippen MR) is 86.3 cm³/mol. The van der Waals surface area contributed by atoms with Crippen molar-refractivity contribution in [2.45, 2.75) is 17.5 Å². The van der Waals surface area contributed by atoms with E-state index in [0.717, 1.165) is 11.6 Å². The zero-order valence-corrected chi connectivity index (χ0v) is 14.6. The maximum atomic E-state index is 12.8. The highest BCUT2D eigenvalue weighted by atomic mass is 35.5. The molecule has 0 bridgehead atoms. The number of methoxy groups -OCH3 is 1. The fourth-order valence-electron chi connectivity index (χ4n) is 1.97. The highest BCUT2D eigenvalue weighted by molar-refractivity contribution is 7.87. The fraction of sp³-hybridized carbons (Fsp3) is 0.250. The number of alkyl halides is 3. The Morgan fingerprint density at radius 1 is 1.08 bits per heavy atom. The first kappa shape index (κ1) is 19.6. The highest BCUT2D eigenvalue weighted by Crippen LogP contribution is 2.34. The van der Waals surface area contributed by atoms with Crippen LogP contribution in [0.2, 0.25) is 5.02 Å². The lowest BCUT2D eigenvalue weighted by Crippen LogP contribution is -2.13. The average molecular weight is 395 g/mol. The van der Waals surface area contributed by atoms with E-state index in [1.165, 1.54) is 12.1 Å². The molecule has 2 rings (SSSR count).